The predicted molar refractivity (Wildman–Crippen MR) is 82.2 cm³/mol. The molecule has 2 rings (SSSR count). The molecular weight excluding hydrogens is 248 g/mol. The first-order valence-electron chi connectivity index (χ1n) is 6.84. The van der Waals surface area contributed by atoms with Crippen LogP contribution in [0.1, 0.15) is 22.8 Å². The molecule has 0 amide bonds. The largest absolute Gasteiger partial charge is 0.375 e. The van der Waals surface area contributed by atoms with Gasteiger partial charge in [-0.25, -0.2) is 0 Å². The molecule has 0 bridgehead atoms. The van der Waals surface area contributed by atoms with Crippen LogP contribution in [0.4, 0.5) is 0 Å². The van der Waals surface area contributed by atoms with Crippen molar-refractivity contribution >= 4 is 0 Å². The average molecular weight is 270 g/mol. The normalized spacial score (nSPS) is 13.9. The van der Waals surface area contributed by atoms with E-state index in [1.54, 1.807) is 7.11 Å². The fourth-order valence-electron chi connectivity index (χ4n) is 2.41. The number of benzene rings is 2. The van der Waals surface area contributed by atoms with E-state index in [0.717, 1.165) is 12.0 Å². The number of ether oxygens (including phenoxy) is 1. The maximum absolute atomic E-state index is 5.73. The molecule has 0 aliphatic heterocycles. The molecule has 0 spiro atoms. The lowest BCUT2D eigenvalue weighted by Crippen LogP contribution is -2.42. The molecule has 0 fully saturated rings. The molecule has 0 aliphatic rings. The van der Waals surface area contributed by atoms with E-state index in [0.29, 0.717) is 0 Å². The lowest BCUT2D eigenvalue weighted by Gasteiger charge is -2.26. The number of hydrogen-bond acceptors (Lipinski definition) is 3. The number of hydrazine groups is 1. The van der Waals surface area contributed by atoms with Gasteiger partial charge < -0.3 is 4.74 Å². The van der Waals surface area contributed by atoms with Gasteiger partial charge in [-0.05, 0) is 24.5 Å². The summed E-state index contributed by atoms with van der Waals surface area (Å²) in [5.41, 5.74) is 6.53. The standard InChI is InChI=1S/C17H22N2O/c1-13-8-10-14(11-9-13)12-16(19-18)17(20-2)15-6-4-3-5-7-15/h3-11,16-17,19H,12,18H2,1-2H3. The van der Waals surface area contributed by atoms with Crippen molar-refractivity contribution in [2.75, 3.05) is 7.11 Å². The third kappa shape index (κ3) is 3.67. The summed E-state index contributed by atoms with van der Waals surface area (Å²) >= 11 is 0. The lowest BCUT2D eigenvalue weighted by molar-refractivity contribution is 0.0679. The van der Waals surface area contributed by atoms with Crippen LogP contribution < -0.4 is 11.3 Å². The molecule has 0 heterocycles. The topological polar surface area (TPSA) is 47.3 Å². The minimum atomic E-state index is -0.0671. The molecule has 2 atom stereocenters. The minimum Gasteiger partial charge on any atom is -0.375 e. The molecule has 0 aliphatic carbocycles. The highest BCUT2D eigenvalue weighted by Crippen LogP contribution is 2.22. The second kappa shape index (κ2) is 7.20. The van der Waals surface area contributed by atoms with E-state index >= 15 is 0 Å². The maximum Gasteiger partial charge on any atom is 0.0990 e. The molecule has 3 nitrogen and oxygen atoms in total. The summed E-state index contributed by atoms with van der Waals surface area (Å²) in [5, 5.41) is 0. The molecule has 0 aromatic heterocycles. The molecular formula is C17H22N2O. The van der Waals surface area contributed by atoms with Crippen LogP contribution in [0.3, 0.4) is 0 Å². The molecule has 3 N–H and O–H groups in total. The van der Waals surface area contributed by atoms with E-state index in [9.17, 15) is 0 Å². The third-order valence-electron chi connectivity index (χ3n) is 3.54. The van der Waals surface area contributed by atoms with Crippen molar-refractivity contribution in [3.63, 3.8) is 0 Å². The molecule has 2 aromatic carbocycles. The number of nitrogens with one attached hydrogen (secondary N) is 1. The van der Waals surface area contributed by atoms with Gasteiger partial charge in [0.2, 0.25) is 0 Å². The van der Waals surface area contributed by atoms with Crippen molar-refractivity contribution < 1.29 is 4.74 Å². The first-order chi connectivity index (χ1) is 9.74. The maximum atomic E-state index is 5.73. The van der Waals surface area contributed by atoms with Crippen LogP contribution in [0, 0.1) is 6.92 Å². The van der Waals surface area contributed by atoms with E-state index in [-0.39, 0.29) is 12.1 Å². The zero-order valence-corrected chi connectivity index (χ0v) is 12.0. The van der Waals surface area contributed by atoms with E-state index < -0.39 is 0 Å². The average Bonchev–Trinajstić information content (AvgIpc) is 2.50. The molecule has 3 heteroatoms. The highest BCUT2D eigenvalue weighted by molar-refractivity contribution is 5.24. The third-order valence-corrected chi connectivity index (χ3v) is 3.54. The van der Waals surface area contributed by atoms with E-state index in [2.05, 4.69) is 48.7 Å². The van der Waals surface area contributed by atoms with Crippen molar-refractivity contribution in [1.82, 2.24) is 5.43 Å². The number of aryl methyl sites for hydroxylation is 1. The van der Waals surface area contributed by atoms with Gasteiger partial charge in [-0.1, -0.05) is 60.2 Å². The number of methoxy groups -OCH3 is 1. The highest BCUT2D eigenvalue weighted by atomic mass is 16.5. The number of rotatable bonds is 6. The summed E-state index contributed by atoms with van der Waals surface area (Å²) in [6, 6.07) is 18.7. The Morgan fingerprint density at radius 2 is 1.70 bits per heavy atom. The van der Waals surface area contributed by atoms with Gasteiger partial charge in [0.25, 0.3) is 0 Å². The van der Waals surface area contributed by atoms with Gasteiger partial charge in [-0.15, -0.1) is 0 Å². The van der Waals surface area contributed by atoms with E-state index in [1.165, 1.54) is 11.1 Å². The van der Waals surface area contributed by atoms with Crippen LogP contribution in [0.5, 0.6) is 0 Å². The Morgan fingerprint density at radius 3 is 2.25 bits per heavy atom. The summed E-state index contributed by atoms with van der Waals surface area (Å²) < 4.78 is 5.64. The van der Waals surface area contributed by atoms with Crippen molar-refractivity contribution in [1.29, 1.82) is 0 Å². The van der Waals surface area contributed by atoms with Gasteiger partial charge in [0.05, 0.1) is 12.1 Å². The van der Waals surface area contributed by atoms with E-state index in [4.69, 9.17) is 10.6 Å². The zero-order valence-electron chi connectivity index (χ0n) is 12.0. The second-order valence-electron chi connectivity index (χ2n) is 5.03. The van der Waals surface area contributed by atoms with Gasteiger partial charge in [0.1, 0.15) is 0 Å². The molecule has 2 unspecified atom stereocenters. The molecule has 0 saturated heterocycles. The molecule has 0 radical (unpaired) electrons. The summed E-state index contributed by atoms with van der Waals surface area (Å²) in [6.45, 7) is 2.09. The van der Waals surface area contributed by atoms with Crippen LogP contribution in [-0.2, 0) is 11.2 Å². The highest BCUT2D eigenvalue weighted by Gasteiger charge is 2.22. The van der Waals surface area contributed by atoms with Gasteiger partial charge in [0.15, 0.2) is 0 Å². The summed E-state index contributed by atoms with van der Waals surface area (Å²) in [4.78, 5) is 0. The summed E-state index contributed by atoms with van der Waals surface area (Å²) in [7, 11) is 1.72. The first kappa shape index (κ1) is 14.7. The Balaban J connectivity index is 2.15. The number of hydrogen-bond donors (Lipinski definition) is 2. The lowest BCUT2D eigenvalue weighted by atomic mass is 9.96. The van der Waals surface area contributed by atoms with Gasteiger partial charge in [0, 0.05) is 7.11 Å². The second-order valence-corrected chi connectivity index (χ2v) is 5.03. The SMILES string of the molecule is COC(c1ccccc1)C(Cc1ccc(C)cc1)NN. The molecule has 20 heavy (non-hydrogen) atoms. The molecule has 0 saturated carbocycles. The van der Waals surface area contributed by atoms with E-state index in [1.807, 2.05) is 18.2 Å². The Hall–Kier alpha value is -1.68. The fourth-order valence-corrected chi connectivity index (χ4v) is 2.41. The Morgan fingerprint density at radius 1 is 1.05 bits per heavy atom. The predicted octanol–water partition coefficient (Wildman–Crippen LogP) is 2.76. The van der Waals surface area contributed by atoms with Crippen molar-refractivity contribution in [3.05, 3.63) is 71.3 Å². The number of nitrogens with two attached hydrogens (primary N) is 1. The summed E-state index contributed by atoms with van der Waals surface area (Å²) in [6.07, 6.45) is 0.756. The van der Waals surface area contributed by atoms with Crippen LogP contribution in [0.25, 0.3) is 0 Å². The fraction of sp³-hybridized carbons (Fsp3) is 0.294. The Labute approximate surface area is 120 Å². The smallest absolute Gasteiger partial charge is 0.0990 e. The van der Waals surface area contributed by atoms with Gasteiger partial charge >= 0.3 is 0 Å². The van der Waals surface area contributed by atoms with Gasteiger partial charge in [-0.2, -0.15) is 0 Å². The van der Waals surface area contributed by atoms with Gasteiger partial charge in [-0.3, -0.25) is 11.3 Å². The monoisotopic (exact) mass is 270 g/mol. The van der Waals surface area contributed by atoms with Crippen LogP contribution in [0.15, 0.2) is 54.6 Å². The zero-order chi connectivity index (χ0) is 14.4. The van der Waals surface area contributed by atoms with Crippen molar-refractivity contribution in [3.8, 4) is 0 Å². The quantitative estimate of drug-likeness (QED) is 0.627. The Bertz CT molecular complexity index is 510. The minimum absolute atomic E-state index is 0.0325. The van der Waals surface area contributed by atoms with Crippen LogP contribution in [0.2, 0.25) is 0 Å². The van der Waals surface area contributed by atoms with Crippen LogP contribution in [-0.4, -0.2) is 13.2 Å². The first-order valence-corrected chi connectivity index (χ1v) is 6.84. The summed E-state index contributed by atoms with van der Waals surface area (Å²) in [5.74, 6) is 5.73. The molecule has 2 aromatic rings. The van der Waals surface area contributed by atoms with Crippen molar-refractivity contribution in [2.24, 2.45) is 5.84 Å². The van der Waals surface area contributed by atoms with Crippen molar-refractivity contribution in [2.45, 2.75) is 25.5 Å². The van der Waals surface area contributed by atoms with Crippen LogP contribution >= 0.6 is 0 Å². The Kier molecular flexibility index (Phi) is 5.30. The molecule has 106 valence electrons.